The number of oxazole rings is 1. The van der Waals surface area contributed by atoms with Gasteiger partial charge in [0.2, 0.25) is 5.89 Å². The van der Waals surface area contributed by atoms with Crippen molar-refractivity contribution in [3.05, 3.63) is 76.5 Å². The third-order valence-electron chi connectivity index (χ3n) is 3.46. The zero-order chi connectivity index (χ0) is 17.1. The SMILES string of the molecule is Cc1ccc(-c2cnc(CNC(=O)c3cc(Cl)ccc3F)o2)cc1. The minimum absolute atomic E-state index is 0.0522. The van der Waals surface area contributed by atoms with E-state index in [1.54, 1.807) is 6.20 Å². The summed E-state index contributed by atoms with van der Waals surface area (Å²) in [4.78, 5) is 16.1. The van der Waals surface area contributed by atoms with Crippen molar-refractivity contribution in [1.82, 2.24) is 10.3 Å². The number of benzene rings is 2. The van der Waals surface area contributed by atoms with E-state index in [0.29, 0.717) is 16.7 Å². The van der Waals surface area contributed by atoms with E-state index >= 15 is 0 Å². The number of carbonyl (C=O) groups excluding carboxylic acids is 1. The van der Waals surface area contributed by atoms with Crippen molar-refractivity contribution in [2.75, 3.05) is 0 Å². The normalized spacial score (nSPS) is 10.6. The van der Waals surface area contributed by atoms with Crippen LogP contribution >= 0.6 is 11.6 Å². The molecule has 122 valence electrons. The lowest BCUT2D eigenvalue weighted by atomic mass is 10.1. The minimum atomic E-state index is -0.635. The molecule has 0 aliphatic rings. The Bertz CT molecular complexity index is 875. The van der Waals surface area contributed by atoms with Gasteiger partial charge in [0.1, 0.15) is 5.82 Å². The monoisotopic (exact) mass is 344 g/mol. The van der Waals surface area contributed by atoms with Gasteiger partial charge in [0.05, 0.1) is 18.3 Å². The van der Waals surface area contributed by atoms with E-state index in [0.717, 1.165) is 17.2 Å². The van der Waals surface area contributed by atoms with E-state index in [2.05, 4.69) is 10.3 Å². The maximum atomic E-state index is 13.6. The molecule has 1 amide bonds. The van der Waals surface area contributed by atoms with Crippen molar-refractivity contribution in [1.29, 1.82) is 0 Å². The highest BCUT2D eigenvalue weighted by molar-refractivity contribution is 6.31. The average molecular weight is 345 g/mol. The topological polar surface area (TPSA) is 55.1 Å². The molecule has 1 aromatic heterocycles. The van der Waals surface area contributed by atoms with Crippen LogP contribution in [-0.4, -0.2) is 10.9 Å². The van der Waals surface area contributed by atoms with E-state index in [4.69, 9.17) is 16.0 Å². The molecule has 24 heavy (non-hydrogen) atoms. The lowest BCUT2D eigenvalue weighted by Gasteiger charge is -2.04. The minimum Gasteiger partial charge on any atom is -0.439 e. The van der Waals surface area contributed by atoms with Crippen molar-refractivity contribution < 1.29 is 13.6 Å². The first-order chi connectivity index (χ1) is 11.5. The number of halogens is 2. The number of hydrogen-bond acceptors (Lipinski definition) is 3. The van der Waals surface area contributed by atoms with Crippen molar-refractivity contribution in [3.8, 4) is 11.3 Å². The van der Waals surface area contributed by atoms with Gasteiger partial charge in [-0.2, -0.15) is 0 Å². The molecule has 0 fully saturated rings. The largest absolute Gasteiger partial charge is 0.439 e. The summed E-state index contributed by atoms with van der Waals surface area (Å²) in [7, 11) is 0. The Kier molecular flexibility index (Phi) is 4.62. The van der Waals surface area contributed by atoms with Gasteiger partial charge < -0.3 is 9.73 Å². The van der Waals surface area contributed by atoms with Crippen LogP contribution in [0.1, 0.15) is 21.8 Å². The fourth-order valence-corrected chi connectivity index (χ4v) is 2.34. The Labute approximate surface area is 143 Å². The first-order valence-corrected chi connectivity index (χ1v) is 7.66. The first-order valence-electron chi connectivity index (χ1n) is 7.28. The molecular weight excluding hydrogens is 331 g/mol. The van der Waals surface area contributed by atoms with Crippen LogP contribution in [0.15, 0.2) is 53.1 Å². The fraction of sp³-hybridized carbons (Fsp3) is 0.111. The van der Waals surface area contributed by atoms with Crippen LogP contribution in [0.5, 0.6) is 0 Å². The van der Waals surface area contributed by atoms with Gasteiger partial charge in [-0.15, -0.1) is 0 Å². The third-order valence-corrected chi connectivity index (χ3v) is 3.70. The number of nitrogens with one attached hydrogen (secondary N) is 1. The van der Waals surface area contributed by atoms with Gasteiger partial charge >= 0.3 is 0 Å². The zero-order valence-corrected chi connectivity index (χ0v) is 13.6. The quantitative estimate of drug-likeness (QED) is 0.764. The summed E-state index contributed by atoms with van der Waals surface area (Å²) in [6.45, 7) is 2.05. The number of aryl methyl sites for hydroxylation is 1. The Morgan fingerprint density at radius 2 is 2.00 bits per heavy atom. The summed E-state index contributed by atoms with van der Waals surface area (Å²) in [5, 5.41) is 2.85. The Balaban J connectivity index is 1.68. The van der Waals surface area contributed by atoms with Crippen LogP contribution in [0.4, 0.5) is 4.39 Å². The molecule has 0 aliphatic carbocycles. The molecule has 0 atom stereocenters. The smallest absolute Gasteiger partial charge is 0.254 e. The Morgan fingerprint density at radius 3 is 2.75 bits per heavy atom. The molecule has 0 saturated heterocycles. The molecule has 0 unspecified atom stereocenters. The lowest BCUT2D eigenvalue weighted by Crippen LogP contribution is -2.24. The summed E-state index contributed by atoms with van der Waals surface area (Å²) < 4.78 is 19.2. The molecule has 0 saturated carbocycles. The summed E-state index contributed by atoms with van der Waals surface area (Å²) in [6.07, 6.45) is 1.59. The summed E-state index contributed by atoms with van der Waals surface area (Å²) in [5.74, 6) is -0.274. The lowest BCUT2D eigenvalue weighted by molar-refractivity contribution is 0.0943. The highest BCUT2D eigenvalue weighted by Crippen LogP contribution is 2.21. The van der Waals surface area contributed by atoms with Gasteiger partial charge in [0.25, 0.3) is 5.91 Å². The first kappa shape index (κ1) is 16.2. The molecule has 0 aliphatic heterocycles. The third kappa shape index (κ3) is 3.63. The van der Waals surface area contributed by atoms with E-state index < -0.39 is 11.7 Å². The summed E-state index contributed by atoms with van der Waals surface area (Å²) in [5.41, 5.74) is 1.92. The number of aromatic nitrogens is 1. The van der Waals surface area contributed by atoms with Crippen LogP contribution in [0.3, 0.4) is 0 Å². The zero-order valence-electron chi connectivity index (χ0n) is 12.8. The van der Waals surface area contributed by atoms with Crippen molar-refractivity contribution in [2.45, 2.75) is 13.5 Å². The van der Waals surface area contributed by atoms with Gasteiger partial charge in [0.15, 0.2) is 5.76 Å². The molecule has 3 aromatic rings. The van der Waals surface area contributed by atoms with Gasteiger partial charge in [-0.25, -0.2) is 9.37 Å². The van der Waals surface area contributed by atoms with Crippen molar-refractivity contribution in [3.63, 3.8) is 0 Å². The molecule has 1 N–H and O–H groups in total. The van der Waals surface area contributed by atoms with Crippen LogP contribution in [0.2, 0.25) is 5.02 Å². The van der Waals surface area contributed by atoms with E-state index in [1.807, 2.05) is 31.2 Å². The van der Waals surface area contributed by atoms with Crippen molar-refractivity contribution in [2.24, 2.45) is 0 Å². The standard InChI is InChI=1S/C18H14ClFN2O2/c1-11-2-4-12(5-3-11)16-9-21-17(24-16)10-22-18(23)14-8-13(19)6-7-15(14)20/h2-9H,10H2,1H3,(H,22,23). The van der Waals surface area contributed by atoms with Gasteiger partial charge in [-0.05, 0) is 25.1 Å². The number of amides is 1. The number of rotatable bonds is 4. The van der Waals surface area contributed by atoms with Gasteiger partial charge in [-0.1, -0.05) is 41.4 Å². The Morgan fingerprint density at radius 1 is 1.25 bits per heavy atom. The molecule has 3 rings (SSSR count). The number of nitrogens with zero attached hydrogens (tertiary/aromatic N) is 1. The van der Waals surface area contributed by atoms with E-state index in [-0.39, 0.29) is 12.1 Å². The van der Waals surface area contributed by atoms with E-state index in [1.165, 1.54) is 12.1 Å². The van der Waals surface area contributed by atoms with Gasteiger partial charge in [-0.3, -0.25) is 4.79 Å². The number of carbonyl (C=O) groups is 1. The van der Waals surface area contributed by atoms with E-state index in [9.17, 15) is 9.18 Å². The summed E-state index contributed by atoms with van der Waals surface area (Å²) >= 11 is 5.78. The molecule has 0 spiro atoms. The number of hydrogen-bond donors (Lipinski definition) is 1. The average Bonchev–Trinajstić information content (AvgIpc) is 3.04. The maximum absolute atomic E-state index is 13.6. The molecule has 6 heteroatoms. The van der Waals surface area contributed by atoms with Gasteiger partial charge in [0, 0.05) is 10.6 Å². The molecule has 1 heterocycles. The second-order valence-electron chi connectivity index (χ2n) is 5.29. The summed E-state index contributed by atoms with van der Waals surface area (Å²) in [6, 6.07) is 11.6. The van der Waals surface area contributed by atoms with Crippen LogP contribution in [0.25, 0.3) is 11.3 Å². The Hall–Kier alpha value is -2.66. The highest BCUT2D eigenvalue weighted by atomic mass is 35.5. The fourth-order valence-electron chi connectivity index (χ4n) is 2.17. The second-order valence-corrected chi connectivity index (χ2v) is 5.73. The molecule has 0 radical (unpaired) electrons. The molecule has 4 nitrogen and oxygen atoms in total. The van der Waals surface area contributed by atoms with Crippen LogP contribution < -0.4 is 5.32 Å². The predicted molar refractivity (Wildman–Crippen MR) is 89.3 cm³/mol. The molecular formula is C18H14ClFN2O2. The highest BCUT2D eigenvalue weighted by Gasteiger charge is 2.13. The maximum Gasteiger partial charge on any atom is 0.254 e. The van der Waals surface area contributed by atoms with Crippen LogP contribution in [-0.2, 0) is 6.54 Å². The molecule has 0 bridgehead atoms. The molecule has 2 aromatic carbocycles. The second kappa shape index (κ2) is 6.84. The van der Waals surface area contributed by atoms with Crippen LogP contribution in [0, 0.1) is 12.7 Å². The predicted octanol–water partition coefficient (Wildman–Crippen LogP) is 4.37. The van der Waals surface area contributed by atoms with Crippen molar-refractivity contribution >= 4 is 17.5 Å².